The second kappa shape index (κ2) is 13.4. The van der Waals surface area contributed by atoms with Crippen LogP contribution < -0.4 is 4.74 Å². The van der Waals surface area contributed by atoms with Gasteiger partial charge in [-0.15, -0.1) is 0 Å². The molecule has 2 saturated carbocycles. The van der Waals surface area contributed by atoms with Gasteiger partial charge in [0.15, 0.2) is 0 Å². The Labute approximate surface area is 271 Å². The van der Waals surface area contributed by atoms with Crippen molar-refractivity contribution in [1.82, 2.24) is 0 Å². The van der Waals surface area contributed by atoms with Crippen LogP contribution in [-0.4, -0.2) is 54.1 Å². The Morgan fingerprint density at radius 1 is 0.851 bits per heavy atom. The third-order valence-corrected chi connectivity index (χ3v) is 9.12. The van der Waals surface area contributed by atoms with Crippen molar-refractivity contribution in [3.05, 3.63) is 76.8 Å². The Morgan fingerprint density at radius 2 is 1.53 bits per heavy atom. The smallest absolute Gasteiger partial charge is 0.375 e. The molecule has 2 heterocycles. The normalized spacial score (nSPS) is 26.1. The Bertz CT molecular complexity index is 1640. The highest BCUT2D eigenvalue weighted by Crippen LogP contribution is 2.50. The summed E-state index contributed by atoms with van der Waals surface area (Å²) in [4.78, 5) is 75.2. The Morgan fingerprint density at radius 3 is 2.17 bits per heavy atom. The molecule has 47 heavy (non-hydrogen) atoms. The fourth-order valence-corrected chi connectivity index (χ4v) is 6.27. The lowest BCUT2D eigenvalue weighted by molar-refractivity contribution is -0.155. The van der Waals surface area contributed by atoms with Crippen LogP contribution in [0.4, 0.5) is 0 Å². The van der Waals surface area contributed by atoms with Gasteiger partial charge >= 0.3 is 35.8 Å². The minimum absolute atomic E-state index is 0.0218. The van der Waals surface area contributed by atoms with E-state index in [-0.39, 0.29) is 64.8 Å². The predicted octanol–water partition coefficient (Wildman–Crippen LogP) is 4.58. The minimum atomic E-state index is -0.917. The molecule has 6 unspecified atom stereocenters. The summed E-state index contributed by atoms with van der Waals surface area (Å²) in [5, 5.41) is 0. The van der Waals surface area contributed by atoms with Gasteiger partial charge in [0.2, 0.25) is 11.5 Å². The standard InChI is InChI=1S/C35H36O12/c1-16(2)30(36)44-26-10-8-7-9-23(26)32(38)47-29-19(5)25(43-35(29)41)12-11-17(3)31(37)45-27-15-21-13-22(27)14-24(21)33(39)46-28-18(4)20(6)42-34(28)40/h7-10,20-22,24-25,27H,1,3,11-15H2,2,4-6H3. The van der Waals surface area contributed by atoms with Gasteiger partial charge in [-0.05, 0) is 83.8 Å². The van der Waals surface area contributed by atoms with E-state index < -0.39 is 53.9 Å². The SMILES string of the molecule is C=C(C)C(=O)Oc1ccccc1C(=O)OC1=C(C)C(CCC(=C)C(=O)OC2CC3CC2CC3C(=O)OC2=C(C)C(C)OC2=O)OC1=O. The second-order valence-electron chi connectivity index (χ2n) is 12.4. The molecular weight excluding hydrogens is 612 g/mol. The van der Waals surface area contributed by atoms with Gasteiger partial charge in [0, 0.05) is 22.3 Å². The number of rotatable bonds is 11. The maximum Gasteiger partial charge on any atom is 0.375 e. The number of cyclic esters (lactones) is 2. The third-order valence-electron chi connectivity index (χ3n) is 9.12. The van der Waals surface area contributed by atoms with Crippen molar-refractivity contribution >= 4 is 35.8 Å². The summed E-state index contributed by atoms with van der Waals surface area (Å²) < 4.78 is 32.2. The zero-order valence-electron chi connectivity index (χ0n) is 26.6. The fourth-order valence-electron chi connectivity index (χ4n) is 6.27. The highest BCUT2D eigenvalue weighted by molar-refractivity contribution is 6.00. The Kier molecular flexibility index (Phi) is 9.50. The van der Waals surface area contributed by atoms with E-state index >= 15 is 0 Å². The number of carbonyl (C=O) groups excluding carboxylic acids is 6. The third kappa shape index (κ3) is 6.91. The molecule has 6 atom stereocenters. The quantitative estimate of drug-likeness (QED) is 0.143. The van der Waals surface area contributed by atoms with E-state index in [0.29, 0.717) is 30.4 Å². The molecule has 4 aliphatic rings. The maximum atomic E-state index is 12.9. The van der Waals surface area contributed by atoms with Crippen molar-refractivity contribution in [2.45, 2.75) is 78.1 Å². The molecule has 12 heteroatoms. The first-order valence-corrected chi connectivity index (χ1v) is 15.4. The highest BCUT2D eigenvalue weighted by Gasteiger charge is 2.51. The Balaban J connectivity index is 1.11. The fraction of sp³-hybridized carbons (Fsp3) is 0.429. The number of fused-ring (bicyclic) bond motifs is 2. The summed E-state index contributed by atoms with van der Waals surface area (Å²) in [6.07, 6.45) is 0.447. The monoisotopic (exact) mass is 648 g/mol. The van der Waals surface area contributed by atoms with E-state index in [9.17, 15) is 28.8 Å². The summed E-state index contributed by atoms with van der Waals surface area (Å²) in [6.45, 7) is 13.8. The molecule has 248 valence electrons. The van der Waals surface area contributed by atoms with E-state index in [4.69, 9.17) is 28.4 Å². The molecule has 2 fully saturated rings. The number of hydrogen-bond acceptors (Lipinski definition) is 12. The molecule has 12 nitrogen and oxygen atoms in total. The van der Waals surface area contributed by atoms with Crippen LogP contribution >= 0.6 is 0 Å². The lowest BCUT2D eigenvalue weighted by Crippen LogP contribution is -2.32. The van der Waals surface area contributed by atoms with Crippen LogP contribution in [0.25, 0.3) is 0 Å². The van der Waals surface area contributed by atoms with E-state index in [1.165, 1.54) is 19.1 Å². The first kappa shape index (κ1) is 33.4. The number of carbonyl (C=O) groups is 6. The topological polar surface area (TPSA) is 158 Å². The first-order chi connectivity index (χ1) is 22.2. The maximum absolute atomic E-state index is 12.9. The van der Waals surface area contributed by atoms with Gasteiger partial charge in [-0.1, -0.05) is 25.3 Å². The van der Waals surface area contributed by atoms with Gasteiger partial charge < -0.3 is 28.4 Å². The first-order valence-electron chi connectivity index (χ1n) is 15.4. The Hall–Kier alpha value is -5.00. The second-order valence-corrected chi connectivity index (χ2v) is 12.4. The summed E-state index contributed by atoms with van der Waals surface area (Å²) in [5.41, 5.74) is 1.19. The van der Waals surface area contributed by atoms with Crippen LogP contribution in [0.2, 0.25) is 0 Å². The molecule has 2 aliphatic heterocycles. The van der Waals surface area contributed by atoms with Crippen LogP contribution in [0.15, 0.2) is 71.2 Å². The molecule has 0 N–H and O–H groups in total. The van der Waals surface area contributed by atoms with Crippen molar-refractivity contribution in [2.24, 2.45) is 17.8 Å². The minimum Gasteiger partial charge on any atom is -0.459 e. The summed E-state index contributed by atoms with van der Waals surface area (Å²) >= 11 is 0. The number of benzene rings is 1. The molecule has 1 aromatic carbocycles. The zero-order chi connectivity index (χ0) is 34.2. The van der Waals surface area contributed by atoms with E-state index in [1.54, 1.807) is 32.9 Å². The van der Waals surface area contributed by atoms with Crippen molar-refractivity contribution in [3.8, 4) is 5.75 Å². The largest absolute Gasteiger partial charge is 0.459 e. The van der Waals surface area contributed by atoms with E-state index in [1.807, 2.05) is 0 Å². The van der Waals surface area contributed by atoms with Crippen molar-refractivity contribution < 1.29 is 57.2 Å². The molecule has 2 bridgehead atoms. The molecule has 0 aromatic heterocycles. The van der Waals surface area contributed by atoms with Crippen LogP contribution in [0.3, 0.4) is 0 Å². The summed E-state index contributed by atoms with van der Waals surface area (Å²) in [5.74, 6) is -5.00. The lowest BCUT2D eigenvalue weighted by Gasteiger charge is -2.27. The van der Waals surface area contributed by atoms with E-state index in [0.717, 1.165) is 0 Å². The molecule has 0 spiro atoms. The van der Waals surface area contributed by atoms with Gasteiger partial charge in [0.1, 0.15) is 29.6 Å². The van der Waals surface area contributed by atoms with Crippen LogP contribution in [0.5, 0.6) is 5.75 Å². The van der Waals surface area contributed by atoms with Crippen molar-refractivity contribution in [1.29, 1.82) is 0 Å². The molecule has 5 rings (SSSR count). The summed E-state index contributed by atoms with van der Waals surface area (Å²) in [6, 6.07) is 5.93. The number of ether oxygens (including phenoxy) is 6. The van der Waals surface area contributed by atoms with Gasteiger partial charge in [-0.2, -0.15) is 0 Å². The van der Waals surface area contributed by atoms with Crippen molar-refractivity contribution in [2.75, 3.05) is 0 Å². The average molecular weight is 649 g/mol. The van der Waals surface area contributed by atoms with Crippen LogP contribution in [0.1, 0.15) is 70.2 Å². The number of hydrogen-bond donors (Lipinski definition) is 0. The summed E-state index contributed by atoms with van der Waals surface area (Å²) in [7, 11) is 0. The molecule has 2 aliphatic carbocycles. The number of para-hydroxylation sites is 1. The highest BCUT2D eigenvalue weighted by atomic mass is 16.6. The van der Waals surface area contributed by atoms with Gasteiger partial charge in [-0.25, -0.2) is 24.0 Å². The molecule has 1 aromatic rings. The van der Waals surface area contributed by atoms with Gasteiger partial charge in [-0.3, -0.25) is 4.79 Å². The predicted molar refractivity (Wildman–Crippen MR) is 162 cm³/mol. The van der Waals surface area contributed by atoms with Crippen LogP contribution in [-0.2, 0) is 47.7 Å². The van der Waals surface area contributed by atoms with E-state index in [2.05, 4.69) is 13.2 Å². The molecule has 0 radical (unpaired) electrons. The van der Waals surface area contributed by atoms with Gasteiger partial charge in [0.05, 0.1) is 5.92 Å². The molecule has 0 amide bonds. The van der Waals surface area contributed by atoms with Crippen LogP contribution in [0, 0.1) is 17.8 Å². The zero-order valence-corrected chi connectivity index (χ0v) is 26.6. The average Bonchev–Trinajstić information content (AvgIpc) is 3.76. The molecular formula is C35H36O12. The molecule has 0 saturated heterocycles. The lowest BCUT2D eigenvalue weighted by atomic mass is 9.87. The van der Waals surface area contributed by atoms with Gasteiger partial charge in [0.25, 0.3) is 0 Å². The van der Waals surface area contributed by atoms with Crippen molar-refractivity contribution in [3.63, 3.8) is 0 Å². The number of esters is 6.